The van der Waals surface area contributed by atoms with Crippen LogP contribution in [0.5, 0.6) is 0 Å². The van der Waals surface area contributed by atoms with Crippen molar-refractivity contribution in [1.82, 2.24) is 9.97 Å². The SMILES string of the molecule is CC(C)(C)c1nc(CCNc2ncc([N+](=O)[O-])cc2Br)cs1. The van der Waals surface area contributed by atoms with Crippen molar-refractivity contribution in [3.05, 3.63) is 42.9 Å². The first-order valence-corrected chi connectivity index (χ1v) is 8.43. The Balaban J connectivity index is 1.94. The number of anilines is 1. The van der Waals surface area contributed by atoms with Gasteiger partial charge in [-0.05, 0) is 15.9 Å². The van der Waals surface area contributed by atoms with E-state index < -0.39 is 4.92 Å². The zero-order valence-electron chi connectivity index (χ0n) is 12.6. The summed E-state index contributed by atoms with van der Waals surface area (Å²) < 4.78 is 0.579. The number of thiazole rings is 1. The van der Waals surface area contributed by atoms with Crippen LogP contribution in [-0.2, 0) is 11.8 Å². The fourth-order valence-corrected chi connectivity index (χ4v) is 3.15. The number of pyridine rings is 1. The van der Waals surface area contributed by atoms with Crippen LogP contribution in [0.2, 0.25) is 0 Å². The lowest BCUT2D eigenvalue weighted by atomic mass is 9.98. The van der Waals surface area contributed by atoms with Crippen molar-refractivity contribution >= 4 is 38.8 Å². The van der Waals surface area contributed by atoms with Gasteiger partial charge in [-0.25, -0.2) is 9.97 Å². The molecule has 0 fully saturated rings. The van der Waals surface area contributed by atoms with Gasteiger partial charge >= 0.3 is 0 Å². The van der Waals surface area contributed by atoms with Gasteiger partial charge in [0, 0.05) is 29.8 Å². The molecule has 8 heteroatoms. The summed E-state index contributed by atoms with van der Waals surface area (Å²) in [6, 6.07) is 1.44. The predicted molar refractivity (Wildman–Crippen MR) is 91.6 cm³/mol. The van der Waals surface area contributed by atoms with Crippen LogP contribution in [0, 0.1) is 10.1 Å². The molecule has 0 amide bonds. The zero-order chi connectivity index (χ0) is 16.3. The van der Waals surface area contributed by atoms with Crippen molar-refractivity contribution in [3.63, 3.8) is 0 Å². The molecule has 0 radical (unpaired) electrons. The number of hydrogen-bond acceptors (Lipinski definition) is 6. The first-order chi connectivity index (χ1) is 10.3. The van der Waals surface area contributed by atoms with Crippen LogP contribution in [0.4, 0.5) is 11.5 Å². The number of aromatic nitrogens is 2. The van der Waals surface area contributed by atoms with Crippen molar-refractivity contribution in [2.75, 3.05) is 11.9 Å². The Morgan fingerprint density at radius 1 is 1.45 bits per heavy atom. The second kappa shape index (κ2) is 6.70. The van der Waals surface area contributed by atoms with E-state index in [9.17, 15) is 10.1 Å². The summed E-state index contributed by atoms with van der Waals surface area (Å²) >= 11 is 4.96. The molecule has 118 valence electrons. The number of halogens is 1. The Bertz CT molecular complexity index is 682. The van der Waals surface area contributed by atoms with E-state index in [1.54, 1.807) is 11.3 Å². The molecule has 0 aliphatic rings. The molecule has 0 aliphatic heterocycles. The van der Waals surface area contributed by atoms with E-state index in [-0.39, 0.29) is 11.1 Å². The molecule has 0 atom stereocenters. The molecule has 2 aromatic heterocycles. The third-order valence-corrected chi connectivity index (χ3v) is 4.83. The monoisotopic (exact) mass is 384 g/mol. The molecule has 0 aromatic carbocycles. The minimum absolute atomic E-state index is 0.0354. The Kier molecular flexibility index (Phi) is 5.12. The third kappa shape index (κ3) is 4.23. The summed E-state index contributed by atoms with van der Waals surface area (Å²) in [6.07, 6.45) is 2.02. The van der Waals surface area contributed by atoms with Gasteiger partial charge in [-0.1, -0.05) is 20.8 Å². The van der Waals surface area contributed by atoms with Crippen LogP contribution in [0.15, 0.2) is 22.1 Å². The average Bonchev–Trinajstić information content (AvgIpc) is 2.89. The maximum atomic E-state index is 10.7. The maximum Gasteiger partial charge on any atom is 0.288 e. The highest BCUT2D eigenvalue weighted by atomic mass is 79.9. The summed E-state index contributed by atoms with van der Waals surface area (Å²) in [6.45, 7) is 7.10. The van der Waals surface area contributed by atoms with Gasteiger partial charge in [0.1, 0.15) is 12.0 Å². The van der Waals surface area contributed by atoms with Gasteiger partial charge in [-0.3, -0.25) is 10.1 Å². The van der Waals surface area contributed by atoms with Crippen LogP contribution in [0.25, 0.3) is 0 Å². The predicted octanol–water partition coefficient (Wildman–Crippen LogP) is 4.16. The van der Waals surface area contributed by atoms with Crippen molar-refractivity contribution in [2.45, 2.75) is 32.6 Å². The number of nitrogens with zero attached hydrogens (tertiary/aromatic N) is 3. The zero-order valence-corrected chi connectivity index (χ0v) is 15.0. The minimum Gasteiger partial charge on any atom is -0.369 e. The van der Waals surface area contributed by atoms with Gasteiger partial charge in [0.25, 0.3) is 5.69 Å². The lowest BCUT2D eigenvalue weighted by molar-refractivity contribution is -0.385. The standard InChI is InChI=1S/C14H17BrN4O2S/c1-14(2,3)13-18-9(8-22-13)4-5-16-12-11(15)6-10(7-17-12)19(20)21/h6-8H,4-5H2,1-3H3,(H,16,17). The van der Waals surface area contributed by atoms with Crippen LogP contribution in [0.3, 0.4) is 0 Å². The highest BCUT2D eigenvalue weighted by Crippen LogP contribution is 2.26. The van der Waals surface area contributed by atoms with Gasteiger partial charge in [0.2, 0.25) is 0 Å². The second-order valence-electron chi connectivity index (χ2n) is 5.85. The van der Waals surface area contributed by atoms with Crippen LogP contribution >= 0.6 is 27.3 Å². The maximum absolute atomic E-state index is 10.7. The fraction of sp³-hybridized carbons (Fsp3) is 0.429. The average molecular weight is 385 g/mol. The lowest BCUT2D eigenvalue weighted by Crippen LogP contribution is -2.11. The van der Waals surface area contributed by atoms with E-state index in [0.29, 0.717) is 16.8 Å². The van der Waals surface area contributed by atoms with E-state index in [1.165, 1.54) is 12.3 Å². The molecule has 2 aromatic rings. The molecule has 0 saturated carbocycles. The van der Waals surface area contributed by atoms with E-state index in [2.05, 4.69) is 57.4 Å². The quantitative estimate of drug-likeness (QED) is 0.617. The second-order valence-corrected chi connectivity index (χ2v) is 7.56. The first kappa shape index (κ1) is 16.8. The highest BCUT2D eigenvalue weighted by Gasteiger charge is 2.17. The van der Waals surface area contributed by atoms with Crippen molar-refractivity contribution in [1.29, 1.82) is 0 Å². The Hall–Kier alpha value is -1.54. The highest BCUT2D eigenvalue weighted by molar-refractivity contribution is 9.10. The molecule has 0 unspecified atom stereocenters. The van der Waals surface area contributed by atoms with Crippen molar-refractivity contribution in [2.24, 2.45) is 0 Å². The number of nitrogens with one attached hydrogen (secondary N) is 1. The van der Waals surface area contributed by atoms with E-state index in [4.69, 9.17) is 0 Å². The van der Waals surface area contributed by atoms with Crippen molar-refractivity contribution in [3.8, 4) is 0 Å². The van der Waals surface area contributed by atoms with Crippen LogP contribution in [-0.4, -0.2) is 21.4 Å². The molecule has 2 rings (SSSR count). The summed E-state index contributed by atoms with van der Waals surface area (Å²) in [5, 5.41) is 17.0. The Labute approximate surface area is 141 Å². The van der Waals surface area contributed by atoms with E-state index in [0.717, 1.165) is 17.1 Å². The molecular formula is C14H17BrN4O2S. The number of rotatable bonds is 5. The van der Waals surface area contributed by atoms with Gasteiger partial charge in [0.05, 0.1) is 20.1 Å². The molecule has 22 heavy (non-hydrogen) atoms. The summed E-state index contributed by atoms with van der Waals surface area (Å²) in [7, 11) is 0. The van der Waals surface area contributed by atoms with Crippen LogP contribution < -0.4 is 5.32 Å². The Morgan fingerprint density at radius 2 is 2.18 bits per heavy atom. The minimum atomic E-state index is -0.467. The molecular weight excluding hydrogens is 368 g/mol. The summed E-state index contributed by atoms with van der Waals surface area (Å²) in [5.74, 6) is 0.594. The molecule has 0 spiro atoms. The molecule has 6 nitrogen and oxygen atoms in total. The molecule has 0 saturated heterocycles. The van der Waals surface area contributed by atoms with Gasteiger partial charge in [0.15, 0.2) is 0 Å². The first-order valence-electron chi connectivity index (χ1n) is 6.76. The van der Waals surface area contributed by atoms with E-state index >= 15 is 0 Å². The summed E-state index contributed by atoms with van der Waals surface area (Å²) in [5.41, 5.74) is 1.08. The smallest absolute Gasteiger partial charge is 0.288 e. The Morgan fingerprint density at radius 3 is 2.73 bits per heavy atom. The van der Waals surface area contributed by atoms with Gasteiger partial charge in [-0.15, -0.1) is 11.3 Å². The molecule has 0 aliphatic carbocycles. The van der Waals surface area contributed by atoms with Gasteiger partial charge < -0.3 is 5.32 Å². The fourth-order valence-electron chi connectivity index (χ4n) is 1.73. The topological polar surface area (TPSA) is 81.0 Å². The molecule has 2 heterocycles. The normalized spacial score (nSPS) is 11.5. The van der Waals surface area contributed by atoms with Crippen molar-refractivity contribution < 1.29 is 4.92 Å². The van der Waals surface area contributed by atoms with Gasteiger partial charge in [-0.2, -0.15) is 0 Å². The number of hydrogen-bond donors (Lipinski definition) is 1. The number of nitro groups is 1. The van der Waals surface area contributed by atoms with E-state index in [1.807, 2.05) is 0 Å². The van der Waals surface area contributed by atoms with Crippen LogP contribution in [0.1, 0.15) is 31.5 Å². The molecule has 1 N–H and O–H groups in total. The molecule has 0 bridgehead atoms. The summed E-state index contributed by atoms with van der Waals surface area (Å²) in [4.78, 5) is 18.9. The largest absolute Gasteiger partial charge is 0.369 e. The third-order valence-electron chi connectivity index (χ3n) is 2.90. The lowest BCUT2D eigenvalue weighted by Gasteiger charge is -2.13.